The number of carbonyl (C=O) groups excluding carboxylic acids is 1. The van der Waals surface area contributed by atoms with Crippen LogP contribution in [0.4, 0.5) is 5.69 Å². The molecule has 1 amide bonds. The Balaban J connectivity index is 1.81. The van der Waals surface area contributed by atoms with E-state index < -0.39 is 0 Å². The Morgan fingerprint density at radius 3 is 3.00 bits per heavy atom. The molecule has 1 aliphatic rings. The number of halogens is 1. The van der Waals surface area contributed by atoms with Crippen LogP contribution in [0.5, 0.6) is 0 Å². The predicted molar refractivity (Wildman–Crippen MR) is 91.1 cm³/mol. The first-order valence-electron chi connectivity index (χ1n) is 7.34. The number of hydrogen-bond donors (Lipinski definition) is 2. The lowest BCUT2D eigenvalue weighted by atomic mass is 9.92. The number of aromatic nitrogens is 1. The van der Waals surface area contributed by atoms with Crippen LogP contribution in [0.15, 0.2) is 34.9 Å². The maximum atomic E-state index is 12.4. The maximum Gasteiger partial charge on any atom is 0.256 e. The summed E-state index contributed by atoms with van der Waals surface area (Å²) in [6.07, 6.45) is 4.42. The van der Waals surface area contributed by atoms with Crippen LogP contribution in [0, 0.1) is 6.92 Å². The Labute approximate surface area is 138 Å². The minimum atomic E-state index is -0.145. The van der Waals surface area contributed by atoms with Gasteiger partial charge in [-0.2, -0.15) is 0 Å². The zero-order chi connectivity index (χ0) is 15.7. The van der Waals surface area contributed by atoms with Gasteiger partial charge >= 0.3 is 0 Å². The molecule has 1 aliphatic carbocycles. The quantitative estimate of drug-likeness (QED) is 0.864. The molecule has 114 valence electrons. The van der Waals surface area contributed by atoms with Crippen molar-refractivity contribution in [3.8, 4) is 0 Å². The molecule has 0 radical (unpaired) electrons. The molecule has 1 unspecified atom stereocenters. The van der Waals surface area contributed by atoms with Crippen LogP contribution in [-0.4, -0.2) is 16.9 Å². The Bertz CT molecular complexity index is 730. The highest BCUT2D eigenvalue weighted by molar-refractivity contribution is 9.10. The molecule has 0 spiro atoms. The van der Waals surface area contributed by atoms with Crippen LogP contribution < -0.4 is 11.1 Å². The van der Waals surface area contributed by atoms with E-state index in [1.807, 2.05) is 31.2 Å². The third-order valence-corrected chi connectivity index (χ3v) is 4.58. The van der Waals surface area contributed by atoms with Crippen molar-refractivity contribution in [2.75, 3.05) is 5.32 Å². The van der Waals surface area contributed by atoms with Gasteiger partial charge in [0.05, 0.1) is 17.4 Å². The number of anilines is 1. The average molecular weight is 360 g/mol. The zero-order valence-electron chi connectivity index (χ0n) is 12.4. The zero-order valence-corrected chi connectivity index (χ0v) is 14.0. The van der Waals surface area contributed by atoms with Gasteiger partial charge in [-0.1, -0.05) is 6.07 Å². The summed E-state index contributed by atoms with van der Waals surface area (Å²) in [6, 6.07) is 7.84. The summed E-state index contributed by atoms with van der Waals surface area (Å²) in [7, 11) is 0. The van der Waals surface area contributed by atoms with E-state index in [0.29, 0.717) is 11.3 Å². The number of benzene rings is 1. The summed E-state index contributed by atoms with van der Waals surface area (Å²) < 4.78 is 0.790. The Hall–Kier alpha value is -1.72. The topological polar surface area (TPSA) is 68.0 Å². The summed E-state index contributed by atoms with van der Waals surface area (Å²) in [4.78, 5) is 16.8. The lowest BCUT2D eigenvalue weighted by molar-refractivity contribution is 0.102. The first kappa shape index (κ1) is 15.2. The summed E-state index contributed by atoms with van der Waals surface area (Å²) >= 11 is 3.44. The fourth-order valence-electron chi connectivity index (χ4n) is 2.72. The first-order valence-corrected chi connectivity index (χ1v) is 8.13. The molecule has 1 heterocycles. The van der Waals surface area contributed by atoms with E-state index in [2.05, 4.69) is 26.2 Å². The number of hydrogen-bond acceptors (Lipinski definition) is 3. The van der Waals surface area contributed by atoms with Gasteiger partial charge in [-0.05, 0) is 71.4 Å². The molecule has 0 aliphatic heterocycles. The molecular weight excluding hydrogens is 342 g/mol. The van der Waals surface area contributed by atoms with Crippen LogP contribution in [0.2, 0.25) is 0 Å². The van der Waals surface area contributed by atoms with Gasteiger partial charge in [-0.25, -0.2) is 0 Å². The fourth-order valence-corrected chi connectivity index (χ4v) is 3.39. The fraction of sp³-hybridized carbons (Fsp3) is 0.294. The number of fused-ring (bicyclic) bond motifs is 1. The third kappa shape index (κ3) is 3.20. The second kappa shape index (κ2) is 6.18. The molecule has 22 heavy (non-hydrogen) atoms. The molecule has 5 heteroatoms. The number of rotatable bonds is 2. The van der Waals surface area contributed by atoms with Crippen LogP contribution in [0.1, 0.15) is 33.6 Å². The summed E-state index contributed by atoms with van der Waals surface area (Å²) in [6.45, 7) is 1.99. The van der Waals surface area contributed by atoms with Crippen molar-refractivity contribution in [1.82, 2.24) is 4.98 Å². The number of pyridine rings is 1. The van der Waals surface area contributed by atoms with E-state index >= 15 is 0 Å². The van der Waals surface area contributed by atoms with Crippen molar-refractivity contribution in [2.45, 2.75) is 32.2 Å². The second-order valence-electron chi connectivity index (χ2n) is 5.77. The molecule has 0 saturated carbocycles. The van der Waals surface area contributed by atoms with E-state index in [1.165, 1.54) is 0 Å². The molecule has 4 nitrogen and oxygen atoms in total. The highest BCUT2D eigenvalue weighted by Crippen LogP contribution is 2.23. The van der Waals surface area contributed by atoms with Crippen LogP contribution in [-0.2, 0) is 12.8 Å². The van der Waals surface area contributed by atoms with E-state index in [-0.39, 0.29) is 11.9 Å². The molecule has 0 fully saturated rings. The monoisotopic (exact) mass is 359 g/mol. The summed E-state index contributed by atoms with van der Waals surface area (Å²) in [5.74, 6) is -0.145. The molecular formula is C17H18BrN3O. The average Bonchev–Trinajstić information content (AvgIpc) is 2.46. The van der Waals surface area contributed by atoms with Crippen LogP contribution in [0.3, 0.4) is 0 Å². The van der Waals surface area contributed by atoms with Crippen LogP contribution in [0.25, 0.3) is 0 Å². The Morgan fingerprint density at radius 1 is 1.41 bits per heavy atom. The molecule has 1 atom stereocenters. The Kier molecular flexibility index (Phi) is 4.27. The van der Waals surface area contributed by atoms with E-state index in [0.717, 1.165) is 40.6 Å². The minimum absolute atomic E-state index is 0.145. The van der Waals surface area contributed by atoms with Gasteiger partial charge in [0.1, 0.15) is 0 Å². The lowest BCUT2D eigenvalue weighted by Gasteiger charge is -2.21. The van der Waals surface area contributed by atoms with Crippen molar-refractivity contribution in [1.29, 1.82) is 0 Å². The van der Waals surface area contributed by atoms with Gasteiger partial charge in [0.15, 0.2) is 0 Å². The van der Waals surface area contributed by atoms with Crippen LogP contribution >= 0.6 is 15.9 Å². The molecule has 3 rings (SSSR count). The van der Waals surface area contributed by atoms with Gasteiger partial charge < -0.3 is 11.1 Å². The van der Waals surface area contributed by atoms with Gasteiger partial charge in [-0.3, -0.25) is 9.78 Å². The lowest BCUT2D eigenvalue weighted by Crippen LogP contribution is -2.28. The standard InChI is InChI=1S/C17H18BrN3O/c1-10-2-4-14(15(18)6-10)17(22)21-13-8-11-7-12(19)3-5-16(11)20-9-13/h2,4,6,8-9,12H,3,5,7,19H2,1H3,(H,21,22). The highest BCUT2D eigenvalue weighted by Gasteiger charge is 2.18. The van der Waals surface area contributed by atoms with E-state index in [1.54, 1.807) is 6.20 Å². The normalized spacial score (nSPS) is 17.0. The number of carbonyl (C=O) groups is 1. The second-order valence-corrected chi connectivity index (χ2v) is 6.62. The van der Waals surface area contributed by atoms with Gasteiger partial charge in [0.25, 0.3) is 5.91 Å². The molecule has 0 bridgehead atoms. The third-order valence-electron chi connectivity index (χ3n) is 3.92. The summed E-state index contributed by atoms with van der Waals surface area (Å²) in [5, 5.41) is 2.91. The Morgan fingerprint density at radius 2 is 2.23 bits per heavy atom. The molecule has 1 aromatic carbocycles. The van der Waals surface area contributed by atoms with Crippen molar-refractivity contribution in [2.24, 2.45) is 5.73 Å². The molecule has 2 aromatic rings. The van der Waals surface area contributed by atoms with Gasteiger partial charge in [0, 0.05) is 16.2 Å². The first-order chi connectivity index (χ1) is 10.5. The van der Waals surface area contributed by atoms with Crippen molar-refractivity contribution in [3.63, 3.8) is 0 Å². The number of nitrogens with zero attached hydrogens (tertiary/aromatic N) is 1. The smallest absolute Gasteiger partial charge is 0.256 e. The largest absolute Gasteiger partial charge is 0.327 e. The van der Waals surface area contributed by atoms with E-state index in [4.69, 9.17) is 5.73 Å². The van der Waals surface area contributed by atoms with E-state index in [9.17, 15) is 4.79 Å². The SMILES string of the molecule is Cc1ccc(C(=O)Nc2cnc3c(c2)CC(N)CC3)c(Br)c1. The maximum absolute atomic E-state index is 12.4. The number of aryl methyl sites for hydroxylation is 2. The molecule has 1 aromatic heterocycles. The number of nitrogens with one attached hydrogen (secondary N) is 1. The van der Waals surface area contributed by atoms with Crippen molar-refractivity contribution >= 4 is 27.5 Å². The minimum Gasteiger partial charge on any atom is -0.327 e. The molecule has 0 saturated heterocycles. The predicted octanol–water partition coefficient (Wildman–Crippen LogP) is 3.22. The molecule has 3 N–H and O–H groups in total. The number of amides is 1. The van der Waals surface area contributed by atoms with Crippen molar-refractivity contribution < 1.29 is 4.79 Å². The highest BCUT2D eigenvalue weighted by atomic mass is 79.9. The summed E-state index contributed by atoms with van der Waals surface area (Å²) in [5.41, 5.74) is 10.7. The number of nitrogens with two attached hydrogens (primary N) is 1. The van der Waals surface area contributed by atoms with Crippen molar-refractivity contribution in [3.05, 3.63) is 57.3 Å². The van der Waals surface area contributed by atoms with Gasteiger partial charge in [-0.15, -0.1) is 0 Å². The van der Waals surface area contributed by atoms with Gasteiger partial charge in [0.2, 0.25) is 0 Å².